The van der Waals surface area contributed by atoms with Crippen molar-refractivity contribution in [1.82, 2.24) is 0 Å². The Bertz CT molecular complexity index is 769. The van der Waals surface area contributed by atoms with E-state index >= 15 is 0 Å². The Balaban J connectivity index is 2.01. The molecule has 0 aliphatic carbocycles. The van der Waals surface area contributed by atoms with Gasteiger partial charge in [0, 0.05) is 5.56 Å². The van der Waals surface area contributed by atoms with Crippen LogP contribution < -0.4 is 10.2 Å². The van der Waals surface area contributed by atoms with Crippen molar-refractivity contribution in [3.63, 3.8) is 0 Å². The third-order valence-corrected chi connectivity index (χ3v) is 3.49. The van der Waals surface area contributed by atoms with Crippen LogP contribution in [0.25, 0.3) is 6.08 Å². The number of benzene rings is 2. The van der Waals surface area contributed by atoms with Gasteiger partial charge in [-0.1, -0.05) is 30.9 Å². The molecule has 2 aromatic rings. The normalized spacial score (nSPS) is 13.3. The van der Waals surface area contributed by atoms with Crippen LogP contribution >= 0.6 is 0 Å². The number of nitrogens with one attached hydrogen (secondary N) is 1. The van der Waals surface area contributed by atoms with Gasteiger partial charge in [-0.15, -0.1) is 0 Å². The average molecular weight is 296 g/mol. The summed E-state index contributed by atoms with van der Waals surface area (Å²) in [6.07, 6.45) is 1.67. The van der Waals surface area contributed by atoms with E-state index in [0.717, 1.165) is 5.56 Å². The number of halogens is 1. The van der Waals surface area contributed by atoms with Gasteiger partial charge in [-0.3, -0.25) is 14.5 Å². The molecular weight excluding hydrogens is 283 g/mol. The molecule has 5 heteroatoms. The van der Waals surface area contributed by atoms with Crippen LogP contribution in [0.5, 0.6) is 0 Å². The fourth-order valence-corrected chi connectivity index (χ4v) is 2.37. The van der Waals surface area contributed by atoms with Crippen LogP contribution in [0.1, 0.15) is 15.9 Å². The van der Waals surface area contributed by atoms with Crippen LogP contribution in [0.15, 0.2) is 49.0 Å². The molecule has 22 heavy (non-hydrogen) atoms. The van der Waals surface area contributed by atoms with Crippen molar-refractivity contribution in [2.45, 2.75) is 0 Å². The number of fused-ring (bicyclic) bond motifs is 1. The number of carbonyl (C=O) groups is 2. The summed E-state index contributed by atoms with van der Waals surface area (Å²) in [6.45, 7) is 3.51. The molecule has 2 aromatic carbocycles. The highest BCUT2D eigenvalue weighted by Gasteiger charge is 2.29. The number of amides is 2. The molecule has 110 valence electrons. The lowest BCUT2D eigenvalue weighted by molar-refractivity contribution is -0.115. The van der Waals surface area contributed by atoms with Gasteiger partial charge in [-0.2, -0.15) is 0 Å². The monoisotopic (exact) mass is 296 g/mol. The van der Waals surface area contributed by atoms with Crippen molar-refractivity contribution in [3.05, 3.63) is 66.0 Å². The van der Waals surface area contributed by atoms with E-state index in [9.17, 15) is 14.0 Å². The van der Waals surface area contributed by atoms with Gasteiger partial charge in [0.2, 0.25) is 5.91 Å². The molecule has 0 spiro atoms. The second-order valence-electron chi connectivity index (χ2n) is 4.90. The largest absolute Gasteiger partial charge is 0.320 e. The Morgan fingerprint density at radius 3 is 2.64 bits per heavy atom. The zero-order valence-electron chi connectivity index (χ0n) is 11.7. The Kier molecular flexibility index (Phi) is 3.47. The molecule has 3 rings (SSSR count). The molecule has 0 fully saturated rings. The summed E-state index contributed by atoms with van der Waals surface area (Å²) < 4.78 is 13.8. The van der Waals surface area contributed by atoms with Gasteiger partial charge in [-0.25, -0.2) is 4.39 Å². The van der Waals surface area contributed by atoms with E-state index in [1.54, 1.807) is 36.4 Å². The predicted octanol–water partition coefficient (Wildman–Crippen LogP) is 3.07. The zero-order valence-corrected chi connectivity index (χ0v) is 11.7. The average Bonchev–Trinajstić information content (AvgIpc) is 2.54. The van der Waals surface area contributed by atoms with Gasteiger partial charge in [0.05, 0.1) is 5.69 Å². The van der Waals surface area contributed by atoms with Crippen LogP contribution in [0, 0.1) is 5.82 Å². The van der Waals surface area contributed by atoms with Crippen LogP contribution in [0.3, 0.4) is 0 Å². The SMILES string of the molecule is C=Cc1ccc(C(=O)N2CC(=O)Nc3c(F)cccc32)cc1. The Labute approximate surface area is 126 Å². The van der Waals surface area contributed by atoms with E-state index in [2.05, 4.69) is 11.9 Å². The topological polar surface area (TPSA) is 49.4 Å². The van der Waals surface area contributed by atoms with Crippen molar-refractivity contribution >= 4 is 29.3 Å². The minimum absolute atomic E-state index is 0.0369. The van der Waals surface area contributed by atoms with Gasteiger partial charge < -0.3 is 5.32 Å². The molecule has 1 heterocycles. The molecule has 0 radical (unpaired) electrons. The standard InChI is InChI=1S/C17H13FN2O2/c1-2-11-6-8-12(9-7-11)17(22)20-10-15(21)19-16-13(18)4-3-5-14(16)20/h2-9H,1,10H2,(H,19,21). The molecule has 1 aliphatic heterocycles. The number of hydrogen-bond acceptors (Lipinski definition) is 2. The first-order chi connectivity index (χ1) is 10.6. The van der Waals surface area contributed by atoms with E-state index in [1.165, 1.54) is 17.0 Å². The summed E-state index contributed by atoms with van der Waals surface area (Å²) in [7, 11) is 0. The van der Waals surface area contributed by atoms with Gasteiger partial charge in [-0.05, 0) is 29.8 Å². The smallest absolute Gasteiger partial charge is 0.258 e. The Morgan fingerprint density at radius 2 is 1.95 bits per heavy atom. The van der Waals surface area contributed by atoms with E-state index in [0.29, 0.717) is 11.3 Å². The quantitative estimate of drug-likeness (QED) is 0.926. The van der Waals surface area contributed by atoms with Crippen molar-refractivity contribution in [1.29, 1.82) is 0 Å². The summed E-state index contributed by atoms with van der Waals surface area (Å²) in [4.78, 5) is 25.6. The summed E-state index contributed by atoms with van der Waals surface area (Å²) in [5.74, 6) is -1.34. The Hall–Kier alpha value is -2.95. The fourth-order valence-electron chi connectivity index (χ4n) is 2.37. The predicted molar refractivity (Wildman–Crippen MR) is 83.2 cm³/mol. The second kappa shape index (κ2) is 5.44. The minimum Gasteiger partial charge on any atom is -0.320 e. The number of hydrogen-bond donors (Lipinski definition) is 1. The highest BCUT2D eigenvalue weighted by atomic mass is 19.1. The van der Waals surface area contributed by atoms with E-state index in [4.69, 9.17) is 0 Å². The lowest BCUT2D eigenvalue weighted by Gasteiger charge is -2.29. The Morgan fingerprint density at radius 1 is 1.23 bits per heavy atom. The number of para-hydroxylation sites is 1. The minimum atomic E-state index is -0.564. The maximum Gasteiger partial charge on any atom is 0.258 e. The highest BCUT2D eigenvalue weighted by molar-refractivity contribution is 6.15. The van der Waals surface area contributed by atoms with E-state index < -0.39 is 11.7 Å². The number of anilines is 2. The first kappa shape index (κ1) is 14.0. The summed E-state index contributed by atoms with van der Waals surface area (Å²) in [6, 6.07) is 11.2. The zero-order chi connectivity index (χ0) is 15.7. The summed E-state index contributed by atoms with van der Waals surface area (Å²) >= 11 is 0. The number of rotatable bonds is 2. The third kappa shape index (κ3) is 2.37. The van der Waals surface area contributed by atoms with Crippen LogP contribution in [0.2, 0.25) is 0 Å². The van der Waals surface area contributed by atoms with Gasteiger partial charge >= 0.3 is 0 Å². The van der Waals surface area contributed by atoms with E-state index in [1.807, 2.05) is 0 Å². The molecule has 1 N–H and O–H groups in total. The lowest BCUT2D eigenvalue weighted by atomic mass is 10.1. The van der Waals surface area contributed by atoms with Crippen molar-refractivity contribution in [3.8, 4) is 0 Å². The van der Waals surface area contributed by atoms with Crippen molar-refractivity contribution in [2.75, 3.05) is 16.8 Å². The molecular formula is C17H13FN2O2. The van der Waals surface area contributed by atoms with Crippen LogP contribution in [0.4, 0.5) is 15.8 Å². The summed E-state index contributed by atoms with van der Waals surface area (Å²) in [5, 5.41) is 2.46. The second-order valence-corrected chi connectivity index (χ2v) is 4.90. The molecule has 0 bridgehead atoms. The highest BCUT2D eigenvalue weighted by Crippen LogP contribution is 2.32. The van der Waals surface area contributed by atoms with E-state index in [-0.39, 0.29) is 18.1 Å². The third-order valence-electron chi connectivity index (χ3n) is 3.49. The van der Waals surface area contributed by atoms with Gasteiger partial charge in [0.1, 0.15) is 18.0 Å². The van der Waals surface area contributed by atoms with Crippen molar-refractivity contribution < 1.29 is 14.0 Å². The lowest BCUT2D eigenvalue weighted by Crippen LogP contribution is -2.42. The molecule has 0 unspecified atom stereocenters. The molecule has 4 nitrogen and oxygen atoms in total. The molecule has 2 amide bonds. The van der Waals surface area contributed by atoms with Gasteiger partial charge in [0.15, 0.2) is 0 Å². The first-order valence-corrected chi connectivity index (χ1v) is 6.73. The fraction of sp³-hybridized carbons (Fsp3) is 0.0588. The van der Waals surface area contributed by atoms with Crippen LogP contribution in [-0.4, -0.2) is 18.4 Å². The molecule has 1 aliphatic rings. The van der Waals surface area contributed by atoms with Crippen LogP contribution in [-0.2, 0) is 4.79 Å². The molecule has 0 atom stereocenters. The molecule has 0 saturated carbocycles. The first-order valence-electron chi connectivity index (χ1n) is 6.73. The molecule has 0 saturated heterocycles. The number of carbonyl (C=O) groups excluding carboxylic acids is 2. The molecule has 0 aromatic heterocycles. The van der Waals surface area contributed by atoms with Crippen molar-refractivity contribution in [2.24, 2.45) is 0 Å². The number of nitrogens with zero attached hydrogens (tertiary/aromatic N) is 1. The maximum absolute atomic E-state index is 13.8. The van der Waals surface area contributed by atoms with Gasteiger partial charge in [0.25, 0.3) is 5.91 Å². The maximum atomic E-state index is 13.8. The summed E-state index contributed by atoms with van der Waals surface area (Å²) in [5.41, 5.74) is 1.71.